The highest BCUT2D eigenvalue weighted by molar-refractivity contribution is 5.18. The molecule has 0 aliphatic heterocycles. The number of benzene rings is 1. The van der Waals surface area contributed by atoms with E-state index in [0.29, 0.717) is 18.0 Å². The summed E-state index contributed by atoms with van der Waals surface area (Å²) >= 11 is 0. The minimum Gasteiger partial charge on any atom is -0.396 e. The van der Waals surface area contributed by atoms with E-state index >= 15 is 0 Å². The fraction of sp³-hybridized carbons (Fsp3) is 0.538. The molecule has 2 N–H and O–H groups in total. The van der Waals surface area contributed by atoms with E-state index < -0.39 is 11.6 Å². The van der Waals surface area contributed by atoms with Crippen LogP contribution in [0.25, 0.3) is 0 Å². The molecule has 96 valence electrons. The lowest BCUT2D eigenvalue weighted by Gasteiger charge is -2.14. The summed E-state index contributed by atoms with van der Waals surface area (Å²) in [6.07, 6.45) is 1.72. The molecule has 1 rings (SSSR count). The highest BCUT2D eigenvalue weighted by Gasteiger charge is 2.07. The molecule has 1 atom stereocenters. The van der Waals surface area contributed by atoms with Crippen LogP contribution >= 0.6 is 0 Å². The Balaban J connectivity index is 2.39. The first-order valence-electron chi connectivity index (χ1n) is 5.92. The third kappa shape index (κ3) is 4.79. The van der Waals surface area contributed by atoms with Crippen LogP contribution in [0.2, 0.25) is 0 Å². The van der Waals surface area contributed by atoms with Gasteiger partial charge in [0.1, 0.15) is 11.6 Å². The van der Waals surface area contributed by atoms with E-state index in [0.717, 1.165) is 25.5 Å². The third-order valence-corrected chi connectivity index (χ3v) is 2.88. The molecule has 0 heterocycles. The lowest BCUT2D eigenvalue weighted by atomic mass is 10.0. The van der Waals surface area contributed by atoms with Crippen molar-refractivity contribution in [2.24, 2.45) is 5.92 Å². The molecule has 0 radical (unpaired) electrons. The van der Waals surface area contributed by atoms with Gasteiger partial charge in [-0.05, 0) is 24.9 Å². The lowest BCUT2D eigenvalue weighted by molar-refractivity contribution is 0.251. The fourth-order valence-corrected chi connectivity index (χ4v) is 1.71. The monoisotopic (exact) mass is 243 g/mol. The maximum absolute atomic E-state index is 13.3. The van der Waals surface area contributed by atoms with Crippen LogP contribution in [0.5, 0.6) is 0 Å². The second-order valence-corrected chi connectivity index (χ2v) is 4.15. The summed E-state index contributed by atoms with van der Waals surface area (Å²) in [5, 5.41) is 12.0. The zero-order chi connectivity index (χ0) is 12.7. The van der Waals surface area contributed by atoms with Gasteiger partial charge in [-0.1, -0.05) is 19.4 Å². The molecular weight excluding hydrogens is 224 g/mol. The van der Waals surface area contributed by atoms with Crippen molar-refractivity contribution >= 4 is 0 Å². The van der Waals surface area contributed by atoms with Gasteiger partial charge in [-0.2, -0.15) is 0 Å². The Morgan fingerprint density at radius 3 is 2.71 bits per heavy atom. The second-order valence-electron chi connectivity index (χ2n) is 4.15. The standard InChI is InChI=1S/C13H19F2NO/c1-2-10(5-6-17)8-16-9-11-3-4-12(14)7-13(11)15/h3-4,7,10,16-17H,2,5-6,8-9H2,1H3. The number of hydrogen-bond acceptors (Lipinski definition) is 2. The molecule has 0 spiro atoms. The highest BCUT2D eigenvalue weighted by atomic mass is 19.1. The van der Waals surface area contributed by atoms with Crippen LogP contribution in [0.1, 0.15) is 25.3 Å². The van der Waals surface area contributed by atoms with Crippen molar-refractivity contribution in [1.29, 1.82) is 0 Å². The van der Waals surface area contributed by atoms with Crippen molar-refractivity contribution < 1.29 is 13.9 Å². The molecule has 0 aliphatic rings. The molecule has 0 bridgehead atoms. The largest absolute Gasteiger partial charge is 0.396 e. The van der Waals surface area contributed by atoms with Crippen LogP contribution in [0.15, 0.2) is 18.2 Å². The Labute approximate surface area is 101 Å². The molecule has 0 aliphatic carbocycles. The summed E-state index contributed by atoms with van der Waals surface area (Å²) < 4.78 is 25.9. The van der Waals surface area contributed by atoms with E-state index in [-0.39, 0.29) is 6.61 Å². The zero-order valence-corrected chi connectivity index (χ0v) is 10.0. The molecule has 17 heavy (non-hydrogen) atoms. The topological polar surface area (TPSA) is 32.3 Å². The quantitative estimate of drug-likeness (QED) is 0.771. The van der Waals surface area contributed by atoms with Gasteiger partial charge < -0.3 is 10.4 Å². The van der Waals surface area contributed by atoms with Crippen LogP contribution < -0.4 is 5.32 Å². The number of rotatable bonds is 7. The average Bonchev–Trinajstić information content (AvgIpc) is 2.30. The van der Waals surface area contributed by atoms with Crippen LogP contribution in [-0.4, -0.2) is 18.3 Å². The number of aliphatic hydroxyl groups excluding tert-OH is 1. The molecule has 2 nitrogen and oxygen atoms in total. The maximum atomic E-state index is 13.3. The fourth-order valence-electron chi connectivity index (χ4n) is 1.71. The number of aliphatic hydroxyl groups is 1. The average molecular weight is 243 g/mol. The van der Waals surface area contributed by atoms with Crippen LogP contribution in [0.3, 0.4) is 0 Å². The molecule has 1 aromatic carbocycles. The Hall–Kier alpha value is -1.00. The predicted molar refractivity (Wildman–Crippen MR) is 63.5 cm³/mol. The molecular formula is C13H19F2NO. The van der Waals surface area contributed by atoms with Crippen molar-refractivity contribution in [3.63, 3.8) is 0 Å². The Kier molecular flexibility index (Phi) is 6.08. The smallest absolute Gasteiger partial charge is 0.130 e. The molecule has 1 aromatic rings. The summed E-state index contributed by atoms with van der Waals surface area (Å²) in [6, 6.07) is 3.60. The normalized spacial score (nSPS) is 12.7. The molecule has 0 saturated carbocycles. The van der Waals surface area contributed by atoms with Gasteiger partial charge in [-0.15, -0.1) is 0 Å². The number of hydrogen-bond donors (Lipinski definition) is 2. The van der Waals surface area contributed by atoms with Gasteiger partial charge in [0.15, 0.2) is 0 Å². The van der Waals surface area contributed by atoms with Crippen LogP contribution in [0, 0.1) is 17.6 Å². The van der Waals surface area contributed by atoms with Gasteiger partial charge >= 0.3 is 0 Å². The molecule has 0 saturated heterocycles. The first-order chi connectivity index (χ1) is 8.17. The van der Waals surface area contributed by atoms with E-state index in [2.05, 4.69) is 12.2 Å². The maximum Gasteiger partial charge on any atom is 0.130 e. The van der Waals surface area contributed by atoms with Gasteiger partial charge in [-0.25, -0.2) is 8.78 Å². The van der Waals surface area contributed by atoms with Gasteiger partial charge in [0.25, 0.3) is 0 Å². The summed E-state index contributed by atoms with van der Waals surface area (Å²) in [5.74, 6) is -0.686. The predicted octanol–water partition coefficient (Wildman–Crippen LogP) is 2.46. The molecule has 1 unspecified atom stereocenters. The van der Waals surface area contributed by atoms with Gasteiger partial charge in [-0.3, -0.25) is 0 Å². The lowest BCUT2D eigenvalue weighted by Crippen LogP contribution is -2.23. The van der Waals surface area contributed by atoms with Gasteiger partial charge in [0, 0.05) is 24.8 Å². The SMILES string of the molecule is CCC(CCO)CNCc1ccc(F)cc1F. The van der Waals surface area contributed by atoms with E-state index in [1.54, 1.807) is 0 Å². The third-order valence-electron chi connectivity index (χ3n) is 2.88. The summed E-state index contributed by atoms with van der Waals surface area (Å²) in [5.41, 5.74) is 0.463. The van der Waals surface area contributed by atoms with Crippen molar-refractivity contribution in [3.8, 4) is 0 Å². The first kappa shape index (κ1) is 14.1. The van der Waals surface area contributed by atoms with E-state index in [9.17, 15) is 8.78 Å². The summed E-state index contributed by atoms with van der Waals surface area (Å²) in [7, 11) is 0. The summed E-state index contributed by atoms with van der Waals surface area (Å²) in [4.78, 5) is 0. The zero-order valence-electron chi connectivity index (χ0n) is 10.0. The summed E-state index contributed by atoms with van der Waals surface area (Å²) in [6.45, 7) is 3.34. The number of halogens is 2. The van der Waals surface area contributed by atoms with E-state index in [1.807, 2.05) is 0 Å². The molecule has 4 heteroatoms. The van der Waals surface area contributed by atoms with Crippen molar-refractivity contribution in [3.05, 3.63) is 35.4 Å². The highest BCUT2D eigenvalue weighted by Crippen LogP contribution is 2.10. The molecule has 0 aromatic heterocycles. The Bertz CT molecular complexity index is 344. The van der Waals surface area contributed by atoms with Crippen LogP contribution in [0.4, 0.5) is 8.78 Å². The van der Waals surface area contributed by atoms with Crippen molar-refractivity contribution in [1.82, 2.24) is 5.32 Å². The Morgan fingerprint density at radius 2 is 2.12 bits per heavy atom. The van der Waals surface area contributed by atoms with Crippen molar-refractivity contribution in [2.75, 3.05) is 13.2 Å². The van der Waals surface area contributed by atoms with E-state index in [4.69, 9.17) is 5.11 Å². The Morgan fingerprint density at radius 1 is 1.35 bits per heavy atom. The second kappa shape index (κ2) is 7.35. The minimum atomic E-state index is -0.557. The first-order valence-corrected chi connectivity index (χ1v) is 5.92. The van der Waals surface area contributed by atoms with Crippen molar-refractivity contribution in [2.45, 2.75) is 26.3 Å². The van der Waals surface area contributed by atoms with E-state index in [1.165, 1.54) is 12.1 Å². The minimum absolute atomic E-state index is 0.172. The van der Waals surface area contributed by atoms with Gasteiger partial charge in [0.2, 0.25) is 0 Å². The van der Waals surface area contributed by atoms with Crippen LogP contribution in [-0.2, 0) is 6.54 Å². The molecule has 0 amide bonds. The molecule has 0 fully saturated rings. The van der Waals surface area contributed by atoms with Gasteiger partial charge in [0.05, 0.1) is 0 Å². The number of nitrogens with one attached hydrogen (secondary N) is 1.